The van der Waals surface area contributed by atoms with Crippen LogP contribution in [0.2, 0.25) is 0 Å². The Hall–Kier alpha value is -1.91. The third-order valence-corrected chi connectivity index (χ3v) is 3.89. The van der Waals surface area contributed by atoms with Gasteiger partial charge in [0.05, 0.1) is 5.69 Å². The van der Waals surface area contributed by atoms with Crippen LogP contribution in [0.15, 0.2) is 24.5 Å². The Morgan fingerprint density at radius 1 is 1.32 bits per heavy atom. The predicted octanol–water partition coefficient (Wildman–Crippen LogP) is 2.57. The van der Waals surface area contributed by atoms with Crippen molar-refractivity contribution in [2.24, 2.45) is 5.92 Å². The van der Waals surface area contributed by atoms with E-state index in [1.165, 1.54) is 36.9 Å². The van der Waals surface area contributed by atoms with Gasteiger partial charge in [0.25, 0.3) is 0 Å². The number of aryl methyl sites for hydroxylation is 1. The molecule has 19 heavy (non-hydrogen) atoms. The van der Waals surface area contributed by atoms with Crippen molar-refractivity contribution in [3.8, 4) is 5.69 Å². The van der Waals surface area contributed by atoms with E-state index in [1.807, 2.05) is 6.07 Å². The van der Waals surface area contributed by atoms with E-state index in [2.05, 4.69) is 39.9 Å². The molecule has 3 rings (SSSR count). The second-order valence-electron chi connectivity index (χ2n) is 5.29. The molecule has 1 aliphatic rings. The molecule has 1 aliphatic carbocycles. The van der Waals surface area contributed by atoms with Crippen LogP contribution in [0, 0.1) is 12.8 Å². The van der Waals surface area contributed by atoms with Crippen LogP contribution in [0.25, 0.3) is 5.69 Å². The van der Waals surface area contributed by atoms with E-state index in [0.717, 1.165) is 18.2 Å². The average Bonchev–Trinajstić information content (AvgIpc) is 3.11. The fourth-order valence-electron chi connectivity index (χ4n) is 2.69. The van der Waals surface area contributed by atoms with Crippen molar-refractivity contribution in [2.45, 2.75) is 32.6 Å². The van der Waals surface area contributed by atoms with Crippen molar-refractivity contribution in [3.63, 3.8) is 0 Å². The Kier molecular flexibility index (Phi) is 3.44. The molecule has 0 aliphatic heterocycles. The predicted molar refractivity (Wildman–Crippen MR) is 74.3 cm³/mol. The van der Waals surface area contributed by atoms with Crippen LogP contribution in [-0.2, 0) is 0 Å². The SMILES string of the molecule is Cc1ccc(-n2cnnn2)cc1NCC1CCCC1. The Morgan fingerprint density at radius 2 is 2.16 bits per heavy atom. The van der Waals surface area contributed by atoms with Crippen molar-refractivity contribution >= 4 is 5.69 Å². The van der Waals surface area contributed by atoms with Gasteiger partial charge in [0.15, 0.2) is 0 Å². The second kappa shape index (κ2) is 5.38. The van der Waals surface area contributed by atoms with E-state index in [0.29, 0.717) is 0 Å². The minimum atomic E-state index is 0.830. The number of nitrogens with zero attached hydrogens (tertiary/aromatic N) is 4. The van der Waals surface area contributed by atoms with Crippen LogP contribution < -0.4 is 5.32 Å². The molecular formula is C14H19N5. The first-order chi connectivity index (χ1) is 9.33. The van der Waals surface area contributed by atoms with Gasteiger partial charge in [0, 0.05) is 12.2 Å². The van der Waals surface area contributed by atoms with Crippen molar-refractivity contribution in [3.05, 3.63) is 30.1 Å². The smallest absolute Gasteiger partial charge is 0.143 e. The molecule has 1 aromatic heterocycles. The molecule has 0 spiro atoms. The maximum Gasteiger partial charge on any atom is 0.143 e. The quantitative estimate of drug-likeness (QED) is 0.914. The number of hydrogen-bond acceptors (Lipinski definition) is 4. The monoisotopic (exact) mass is 257 g/mol. The van der Waals surface area contributed by atoms with Gasteiger partial charge < -0.3 is 5.32 Å². The summed E-state index contributed by atoms with van der Waals surface area (Å²) in [6.07, 6.45) is 7.11. The normalized spacial score (nSPS) is 15.8. The van der Waals surface area contributed by atoms with E-state index in [-0.39, 0.29) is 0 Å². The summed E-state index contributed by atoms with van der Waals surface area (Å²) >= 11 is 0. The second-order valence-corrected chi connectivity index (χ2v) is 5.29. The summed E-state index contributed by atoms with van der Waals surface area (Å²) in [6.45, 7) is 3.19. The molecule has 1 saturated carbocycles. The lowest BCUT2D eigenvalue weighted by molar-refractivity contribution is 0.579. The Balaban J connectivity index is 1.74. The van der Waals surface area contributed by atoms with E-state index < -0.39 is 0 Å². The van der Waals surface area contributed by atoms with Gasteiger partial charge in [-0.3, -0.25) is 0 Å². The molecule has 0 amide bonds. The molecular weight excluding hydrogens is 238 g/mol. The molecule has 100 valence electrons. The fraction of sp³-hybridized carbons (Fsp3) is 0.500. The number of anilines is 1. The highest BCUT2D eigenvalue weighted by molar-refractivity contribution is 5.56. The van der Waals surface area contributed by atoms with Crippen LogP contribution in [0.4, 0.5) is 5.69 Å². The topological polar surface area (TPSA) is 55.6 Å². The average molecular weight is 257 g/mol. The molecule has 0 unspecified atom stereocenters. The number of hydrogen-bond donors (Lipinski definition) is 1. The molecule has 1 heterocycles. The first kappa shape index (κ1) is 12.1. The minimum absolute atomic E-state index is 0.830. The van der Waals surface area contributed by atoms with Gasteiger partial charge in [-0.2, -0.15) is 0 Å². The Bertz CT molecular complexity index is 529. The molecule has 1 N–H and O–H groups in total. The molecule has 5 heteroatoms. The Morgan fingerprint density at radius 3 is 2.89 bits per heavy atom. The van der Waals surface area contributed by atoms with E-state index >= 15 is 0 Å². The number of nitrogens with one attached hydrogen (secondary N) is 1. The molecule has 1 aromatic carbocycles. The van der Waals surface area contributed by atoms with Crippen LogP contribution in [0.3, 0.4) is 0 Å². The summed E-state index contributed by atoms with van der Waals surface area (Å²) < 4.78 is 1.68. The highest BCUT2D eigenvalue weighted by Crippen LogP contribution is 2.26. The van der Waals surface area contributed by atoms with Gasteiger partial charge in [-0.25, -0.2) is 4.68 Å². The summed E-state index contributed by atoms with van der Waals surface area (Å²) in [5, 5.41) is 14.8. The van der Waals surface area contributed by atoms with Crippen LogP contribution >= 0.6 is 0 Å². The number of tetrazole rings is 1. The maximum atomic E-state index is 3.92. The highest BCUT2D eigenvalue weighted by atomic mass is 15.5. The third kappa shape index (κ3) is 2.75. The van der Waals surface area contributed by atoms with E-state index in [9.17, 15) is 0 Å². The molecule has 2 aromatic rings. The standard InChI is InChI=1S/C14H19N5/c1-11-6-7-13(19-10-16-17-18-19)8-14(11)15-9-12-4-2-3-5-12/h6-8,10,12,15H,2-5,9H2,1H3. The maximum absolute atomic E-state index is 3.92. The molecule has 0 radical (unpaired) electrons. The van der Waals surface area contributed by atoms with Crippen molar-refractivity contribution in [1.29, 1.82) is 0 Å². The van der Waals surface area contributed by atoms with Gasteiger partial charge in [-0.05, 0) is 53.8 Å². The Labute approximate surface area is 113 Å². The lowest BCUT2D eigenvalue weighted by atomic mass is 10.1. The zero-order valence-corrected chi connectivity index (χ0v) is 11.2. The van der Waals surface area contributed by atoms with Gasteiger partial charge in [0.1, 0.15) is 6.33 Å². The van der Waals surface area contributed by atoms with Crippen LogP contribution in [-0.4, -0.2) is 26.8 Å². The highest BCUT2D eigenvalue weighted by Gasteiger charge is 2.14. The molecule has 5 nitrogen and oxygen atoms in total. The first-order valence-electron chi connectivity index (χ1n) is 6.91. The van der Waals surface area contributed by atoms with Gasteiger partial charge >= 0.3 is 0 Å². The largest absolute Gasteiger partial charge is 0.384 e. The lowest BCUT2D eigenvalue weighted by Crippen LogP contribution is -2.12. The van der Waals surface area contributed by atoms with Crippen LogP contribution in [0.5, 0.6) is 0 Å². The summed E-state index contributed by atoms with van der Waals surface area (Å²) in [6, 6.07) is 6.25. The minimum Gasteiger partial charge on any atom is -0.384 e. The molecule has 1 fully saturated rings. The van der Waals surface area contributed by atoms with Gasteiger partial charge in [-0.15, -0.1) is 5.10 Å². The first-order valence-corrected chi connectivity index (χ1v) is 6.91. The van der Waals surface area contributed by atoms with Crippen LogP contribution in [0.1, 0.15) is 31.2 Å². The van der Waals surface area contributed by atoms with E-state index in [1.54, 1.807) is 11.0 Å². The zero-order chi connectivity index (χ0) is 13.1. The summed E-state index contributed by atoms with van der Waals surface area (Å²) in [4.78, 5) is 0. The molecule has 0 bridgehead atoms. The molecule has 0 saturated heterocycles. The fourth-order valence-corrected chi connectivity index (χ4v) is 2.69. The lowest BCUT2D eigenvalue weighted by Gasteiger charge is -2.14. The number of benzene rings is 1. The summed E-state index contributed by atoms with van der Waals surface area (Å²) in [7, 11) is 0. The van der Waals surface area contributed by atoms with Crippen molar-refractivity contribution in [2.75, 3.05) is 11.9 Å². The zero-order valence-electron chi connectivity index (χ0n) is 11.2. The molecule has 0 atom stereocenters. The summed E-state index contributed by atoms with van der Waals surface area (Å²) in [5.74, 6) is 0.830. The summed E-state index contributed by atoms with van der Waals surface area (Å²) in [5.41, 5.74) is 3.43. The third-order valence-electron chi connectivity index (χ3n) is 3.89. The van der Waals surface area contributed by atoms with Gasteiger partial charge in [-0.1, -0.05) is 18.9 Å². The number of aromatic nitrogens is 4. The van der Waals surface area contributed by atoms with Crippen molar-refractivity contribution < 1.29 is 0 Å². The van der Waals surface area contributed by atoms with Crippen molar-refractivity contribution in [1.82, 2.24) is 20.2 Å². The van der Waals surface area contributed by atoms with Gasteiger partial charge in [0.2, 0.25) is 0 Å². The van der Waals surface area contributed by atoms with E-state index in [4.69, 9.17) is 0 Å². The number of rotatable bonds is 4.